The fourth-order valence-corrected chi connectivity index (χ4v) is 3.80. The molecule has 2 aromatic rings. The normalized spacial score (nSPS) is 18.0. The first-order chi connectivity index (χ1) is 9.50. The Morgan fingerprint density at radius 1 is 1.40 bits per heavy atom. The van der Waals surface area contributed by atoms with Crippen LogP contribution in [0.5, 0.6) is 0 Å². The summed E-state index contributed by atoms with van der Waals surface area (Å²) < 4.78 is 0. The van der Waals surface area contributed by atoms with Gasteiger partial charge in [-0.3, -0.25) is 4.79 Å². The summed E-state index contributed by atoms with van der Waals surface area (Å²) in [6.45, 7) is 3.41. The molecule has 0 amide bonds. The van der Waals surface area contributed by atoms with Crippen molar-refractivity contribution in [3.05, 3.63) is 51.5 Å². The second kappa shape index (κ2) is 4.70. The molecule has 1 atom stereocenters. The van der Waals surface area contributed by atoms with E-state index in [0.717, 1.165) is 17.8 Å². The number of nitrogens with zero attached hydrogens (tertiary/aromatic N) is 1. The Morgan fingerprint density at radius 2 is 2.15 bits per heavy atom. The lowest BCUT2D eigenvalue weighted by molar-refractivity contribution is -0.142. The van der Waals surface area contributed by atoms with E-state index in [0.29, 0.717) is 11.6 Å². The van der Waals surface area contributed by atoms with Crippen molar-refractivity contribution in [2.45, 2.75) is 38.0 Å². The number of fused-ring (bicyclic) bond motifs is 1. The molecule has 0 aliphatic heterocycles. The minimum absolute atomic E-state index is 0.328. The molecule has 1 heterocycles. The summed E-state index contributed by atoms with van der Waals surface area (Å²) >= 11 is 1.58. The average molecular weight is 287 g/mol. The average Bonchev–Trinajstić information content (AvgIpc) is 3.04. The van der Waals surface area contributed by atoms with Crippen LogP contribution in [0.2, 0.25) is 0 Å². The second-order valence-corrected chi connectivity index (χ2v) is 6.68. The number of aromatic nitrogens is 1. The minimum atomic E-state index is -0.924. The predicted molar refractivity (Wildman–Crippen MR) is 79.4 cm³/mol. The number of thiazole rings is 1. The maximum atomic E-state index is 11.3. The second-order valence-electron chi connectivity index (χ2n) is 5.79. The number of aliphatic carboxylic acids is 1. The molecule has 3 nitrogen and oxygen atoms in total. The highest BCUT2D eigenvalue weighted by Crippen LogP contribution is 2.40. The van der Waals surface area contributed by atoms with E-state index in [1.54, 1.807) is 25.2 Å². The van der Waals surface area contributed by atoms with E-state index >= 15 is 0 Å². The Bertz CT molecular complexity index is 660. The van der Waals surface area contributed by atoms with E-state index < -0.39 is 11.4 Å². The zero-order chi connectivity index (χ0) is 14.3. The number of hydrogen-bond donors (Lipinski definition) is 1. The van der Waals surface area contributed by atoms with E-state index in [4.69, 9.17) is 0 Å². The third kappa shape index (κ3) is 2.04. The van der Waals surface area contributed by atoms with Crippen LogP contribution < -0.4 is 0 Å². The van der Waals surface area contributed by atoms with Crippen LogP contribution in [-0.2, 0) is 16.6 Å². The minimum Gasteiger partial charge on any atom is -0.481 e. The summed E-state index contributed by atoms with van der Waals surface area (Å²) in [5.41, 5.74) is 2.48. The molecular formula is C16H17NO2S. The van der Waals surface area contributed by atoms with Crippen molar-refractivity contribution < 1.29 is 9.90 Å². The van der Waals surface area contributed by atoms with Crippen LogP contribution in [0.4, 0.5) is 0 Å². The smallest absolute Gasteiger partial charge is 0.315 e. The molecule has 4 heteroatoms. The first kappa shape index (κ1) is 13.3. The quantitative estimate of drug-likeness (QED) is 0.938. The topological polar surface area (TPSA) is 50.2 Å². The summed E-state index contributed by atoms with van der Waals surface area (Å²) in [6, 6.07) is 8.47. The number of rotatable bonds is 3. The highest BCUT2D eigenvalue weighted by molar-refractivity contribution is 7.09. The van der Waals surface area contributed by atoms with Crippen LogP contribution in [0.1, 0.15) is 48.0 Å². The van der Waals surface area contributed by atoms with Crippen LogP contribution in [0.3, 0.4) is 0 Å². The molecule has 20 heavy (non-hydrogen) atoms. The number of benzene rings is 1. The third-order valence-corrected chi connectivity index (χ3v) is 5.09. The van der Waals surface area contributed by atoms with Crippen molar-refractivity contribution in [3.63, 3.8) is 0 Å². The SMILES string of the molecule is CC(C)(C(=O)O)c1csc(C2CCc3ccccc32)n1. The van der Waals surface area contributed by atoms with Crippen LogP contribution in [0.15, 0.2) is 29.6 Å². The molecule has 0 spiro atoms. The van der Waals surface area contributed by atoms with Crippen LogP contribution in [0.25, 0.3) is 0 Å². The van der Waals surface area contributed by atoms with E-state index in [1.807, 2.05) is 5.38 Å². The Morgan fingerprint density at radius 3 is 2.90 bits per heavy atom. The predicted octanol–water partition coefficient (Wildman–Crippen LogP) is 3.58. The maximum Gasteiger partial charge on any atom is 0.315 e. The van der Waals surface area contributed by atoms with Crippen LogP contribution >= 0.6 is 11.3 Å². The fourth-order valence-electron chi connectivity index (χ4n) is 2.66. The van der Waals surface area contributed by atoms with E-state index in [1.165, 1.54) is 11.1 Å². The molecule has 0 saturated carbocycles. The molecule has 1 unspecified atom stereocenters. The lowest BCUT2D eigenvalue weighted by atomic mass is 9.90. The zero-order valence-electron chi connectivity index (χ0n) is 11.6. The van der Waals surface area contributed by atoms with Gasteiger partial charge >= 0.3 is 5.97 Å². The van der Waals surface area contributed by atoms with Crippen molar-refractivity contribution in [2.24, 2.45) is 0 Å². The standard InChI is InChI=1S/C16H17NO2S/c1-16(2,15(18)19)13-9-20-14(17-13)12-8-7-10-5-3-4-6-11(10)12/h3-6,9,12H,7-8H2,1-2H3,(H,18,19). The van der Waals surface area contributed by atoms with E-state index in [-0.39, 0.29) is 0 Å². The largest absolute Gasteiger partial charge is 0.481 e. The molecule has 1 aromatic heterocycles. The molecule has 1 aromatic carbocycles. The van der Waals surface area contributed by atoms with Crippen molar-refractivity contribution in [1.82, 2.24) is 4.98 Å². The molecule has 104 valence electrons. The molecule has 0 bridgehead atoms. The van der Waals surface area contributed by atoms with Crippen molar-refractivity contribution in [3.8, 4) is 0 Å². The first-order valence-corrected chi connectivity index (χ1v) is 7.65. The lowest BCUT2D eigenvalue weighted by Crippen LogP contribution is -2.28. The Hall–Kier alpha value is -1.68. The van der Waals surface area contributed by atoms with Gasteiger partial charge < -0.3 is 5.11 Å². The number of carboxylic acids is 1. The Kier molecular flexibility index (Phi) is 3.13. The maximum absolute atomic E-state index is 11.3. The van der Waals surface area contributed by atoms with Gasteiger partial charge in [-0.1, -0.05) is 24.3 Å². The number of aryl methyl sites for hydroxylation is 1. The molecular weight excluding hydrogens is 270 g/mol. The summed E-state index contributed by atoms with van der Waals surface area (Å²) in [7, 11) is 0. The fraction of sp³-hybridized carbons (Fsp3) is 0.375. The Labute approximate surface area is 122 Å². The van der Waals surface area contributed by atoms with Gasteiger partial charge in [0.1, 0.15) is 10.4 Å². The van der Waals surface area contributed by atoms with Crippen molar-refractivity contribution in [2.75, 3.05) is 0 Å². The van der Waals surface area contributed by atoms with Crippen molar-refractivity contribution in [1.29, 1.82) is 0 Å². The number of hydrogen-bond acceptors (Lipinski definition) is 3. The van der Waals surface area contributed by atoms with Gasteiger partial charge in [0, 0.05) is 11.3 Å². The van der Waals surface area contributed by atoms with Gasteiger partial charge in [-0.2, -0.15) is 0 Å². The van der Waals surface area contributed by atoms with Crippen molar-refractivity contribution >= 4 is 17.3 Å². The Balaban J connectivity index is 1.95. The molecule has 3 rings (SSSR count). The van der Waals surface area contributed by atoms with E-state index in [2.05, 4.69) is 29.2 Å². The third-order valence-electron chi connectivity index (χ3n) is 4.13. The lowest BCUT2D eigenvalue weighted by Gasteiger charge is -2.16. The summed E-state index contributed by atoms with van der Waals surface area (Å²) in [6.07, 6.45) is 2.15. The van der Waals surface area contributed by atoms with Gasteiger partial charge in [0.05, 0.1) is 5.69 Å². The summed E-state index contributed by atoms with van der Waals surface area (Å²) in [4.78, 5) is 15.9. The van der Waals surface area contributed by atoms with Gasteiger partial charge in [0.25, 0.3) is 0 Å². The number of carbonyl (C=O) groups is 1. The molecule has 1 aliphatic carbocycles. The summed E-state index contributed by atoms with van der Waals surface area (Å²) in [5, 5.41) is 12.2. The molecule has 1 N–H and O–H groups in total. The zero-order valence-corrected chi connectivity index (χ0v) is 12.4. The molecule has 0 fully saturated rings. The van der Waals surface area contributed by atoms with Gasteiger partial charge in [-0.05, 0) is 37.8 Å². The van der Waals surface area contributed by atoms with Gasteiger partial charge in [-0.25, -0.2) is 4.98 Å². The molecule has 0 radical (unpaired) electrons. The molecule has 0 saturated heterocycles. The monoisotopic (exact) mass is 287 g/mol. The summed E-state index contributed by atoms with van der Waals surface area (Å²) in [5.74, 6) is -0.504. The van der Waals surface area contributed by atoms with Gasteiger partial charge in [0.2, 0.25) is 0 Å². The highest BCUT2D eigenvalue weighted by Gasteiger charge is 2.34. The van der Waals surface area contributed by atoms with Crippen LogP contribution in [-0.4, -0.2) is 16.1 Å². The number of carboxylic acid groups (broad SMARTS) is 1. The highest BCUT2D eigenvalue weighted by atomic mass is 32.1. The van der Waals surface area contributed by atoms with Crippen LogP contribution in [0, 0.1) is 0 Å². The molecule has 1 aliphatic rings. The first-order valence-electron chi connectivity index (χ1n) is 6.77. The van der Waals surface area contributed by atoms with E-state index in [9.17, 15) is 9.90 Å². The van der Waals surface area contributed by atoms with Gasteiger partial charge in [-0.15, -0.1) is 11.3 Å². The van der Waals surface area contributed by atoms with Gasteiger partial charge in [0.15, 0.2) is 0 Å².